The normalized spacial score (nSPS) is 16.7. The summed E-state index contributed by atoms with van der Waals surface area (Å²) < 4.78 is 37.5. The Balaban J connectivity index is 1.56. The molecule has 6 nitrogen and oxygen atoms in total. The van der Waals surface area contributed by atoms with Gasteiger partial charge < -0.3 is 15.3 Å². The van der Waals surface area contributed by atoms with Gasteiger partial charge in [0.2, 0.25) is 0 Å². The van der Waals surface area contributed by atoms with Crippen molar-refractivity contribution in [3.05, 3.63) is 46.2 Å². The summed E-state index contributed by atoms with van der Waals surface area (Å²) in [7, 11) is 0. The zero-order chi connectivity index (χ0) is 21.0. The van der Waals surface area contributed by atoms with Gasteiger partial charge in [0.1, 0.15) is 18.0 Å². The Bertz CT molecular complexity index is 811. The summed E-state index contributed by atoms with van der Waals surface area (Å²) in [5, 5.41) is 14.2. The van der Waals surface area contributed by atoms with Crippen molar-refractivity contribution in [1.82, 2.24) is 14.9 Å². The third-order valence-electron chi connectivity index (χ3n) is 4.50. The van der Waals surface area contributed by atoms with Crippen LogP contribution in [0.1, 0.15) is 11.7 Å². The third-order valence-corrected chi connectivity index (χ3v) is 4.93. The summed E-state index contributed by atoms with van der Waals surface area (Å²) in [6, 6.07) is 6.55. The molecule has 1 aliphatic heterocycles. The molecule has 1 aliphatic rings. The largest absolute Gasteiger partial charge is 0.401 e. The third kappa shape index (κ3) is 6.60. The van der Waals surface area contributed by atoms with E-state index in [0.717, 1.165) is 0 Å². The molecular weight excluding hydrogens is 430 g/mol. The standard InChI is InChI=1S/C18H20Cl2F3N5O/c19-13-5-12(6-14(20)7-13)15(29)9-24-16-8-17(26-11-25-16)28-3-1-27(2-4-28)10-18(21,22)23/h5-8,11,15,29H,1-4,9-10H2,(H,24,25,26). The fourth-order valence-corrected chi connectivity index (χ4v) is 3.63. The molecule has 0 aliphatic carbocycles. The van der Waals surface area contributed by atoms with Crippen molar-refractivity contribution in [2.75, 3.05) is 49.5 Å². The Morgan fingerprint density at radius 1 is 1.03 bits per heavy atom. The first-order valence-electron chi connectivity index (χ1n) is 8.93. The topological polar surface area (TPSA) is 64.5 Å². The Kier molecular flexibility index (Phi) is 7.05. The smallest absolute Gasteiger partial charge is 0.387 e. The van der Waals surface area contributed by atoms with Gasteiger partial charge in [0.05, 0.1) is 12.6 Å². The Morgan fingerprint density at radius 3 is 2.31 bits per heavy atom. The first-order chi connectivity index (χ1) is 13.7. The van der Waals surface area contributed by atoms with E-state index in [9.17, 15) is 18.3 Å². The maximum atomic E-state index is 12.5. The summed E-state index contributed by atoms with van der Waals surface area (Å²) in [6.07, 6.45) is -3.67. The molecule has 1 aromatic heterocycles. The number of rotatable bonds is 6. The molecule has 11 heteroatoms. The summed E-state index contributed by atoms with van der Waals surface area (Å²) in [6.45, 7) is 0.767. The number of alkyl halides is 3. The van der Waals surface area contributed by atoms with Crippen LogP contribution in [0.2, 0.25) is 10.0 Å². The fourth-order valence-electron chi connectivity index (χ4n) is 3.09. The van der Waals surface area contributed by atoms with Gasteiger partial charge in [0.15, 0.2) is 0 Å². The van der Waals surface area contributed by atoms with Crippen LogP contribution in [0.25, 0.3) is 0 Å². The zero-order valence-electron chi connectivity index (χ0n) is 15.3. The molecular formula is C18H20Cl2F3N5O. The van der Waals surface area contributed by atoms with Crippen LogP contribution in [0.5, 0.6) is 0 Å². The number of benzene rings is 1. The molecule has 2 N–H and O–H groups in total. The summed E-state index contributed by atoms with van der Waals surface area (Å²) >= 11 is 11.9. The van der Waals surface area contributed by atoms with Crippen LogP contribution < -0.4 is 10.2 Å². The SMILES string of the molecule is OC(CNc1cc(N2CCN(CC(F)(F)F)CC2)ncn1)c1cc(Cl)cc(Cl)c1. The lowest BCUT2D eigenvalue weighted by Gasteiger charge is -2.35. The van der Waals surface area contributed by atoms with E-state index in [0.29, 0.717) is 53.4 Å². The van der Waals surface area contributed by atoms with Gasteiger partial charge in [-0.05, 0) is 23.8 Å². The van der Waals surface area contributed by atoms with Crippen LogP contribution in [-0.2, 0) is 0 Å². The van der Waals surface area contributed by atoms with Crippen LogP contribution in [0, 0.1) is 0 Å². The number of halogens is 5. The van der Waals surface area contributed by atoms with Crippen molar-refractivity contribution in [3.8, 4) is 0 Å². The predicted molar refractivity (Wildman–Crippen MR) is 107 cm³/mol. The van der Waals surface area contributed by atoms with Gasteiger partial charge in [-0.25, -0.2) is 9.97 Å². The second-order valence-electron chi connectivity index (χ2n) is 6.74. The lowest BCUT2D eigenvalue weighted by atomic mass is 10.1. The van der Waals surface area contributed by atoms with Gasteiger partial charge >= 0.3 is 6.18 Å². The van der Waals surface area contributed by atoms with E-state index in [1.54, 1.807) is 24.3 Å². The van der Waals surface area contributed by atoms with Gasteiger partial charge in [-0.2, -0.15) is 13.2 Å². The molecule has 29 heavy (non-hydrogen) atoms. The van der Waals surface area contributed by atoms with E-state index in [2.05, 4.69) is 15.3 Å². The molecule has 2 aromatic rings. The highest BCUT2D eigenvalue weighted by atomic mass is 35.5. The highest BCUT2D eigenvalue weighted by Gasteiger charge is 2.32. The van der Waals surface area contributed by atoms with Crippen LogP contribution in [0.15, 0.2) is 30.6 Å². The highest BCUT2D eigenvalue weighted by molar-refractivity contribution is 6.34. The lowest BCUT2D eigenvalue weighted by molar-refractivity contribution is -0.146. The van der Waals surface area contributed by atoms with E-state index in [-0.39, 0.29) is 6.54 Å². The zero-order valence-corrected chi connectivity index (χ0v) is 16.8. The van der Waals surface area contributed by atoms with Crippen molar-refractivity contribution in [2.24, 2.45) is 0 Å². The number of nitrogens with one attached hydrogen (secondary N) is 1. The van der Waals surface area contributed by atoms with Crippen LogP contribution in [0.3, 0.4) is 0 Å². The molecule has 0 bridgehead atoms. The predicted octanol–water partition coefficient (Wildman–Crippen LogP) is 3.61. The average molecular weight is 450 g/mol. The number of hydrogen-bond donors (Lipinski definition) is 2. The van der Waals surface area contributed by atoms with Crippen LogP contribution in [-0.4, -0.2) is 65.4 Å². The second kappa shape index (κ2) is 9.34. The average Bonchev–Trinajstić information content (AvgIpc) is 2.65. The van der Waals surface area contributed by atoms with Gasteiger partial charge in [-0.1, -0.05) is 23.2 Å². The number of hydrogen-bond acceptors (Lipinski definition) is 6. The molecule has 1 atom stereocenters. The molecule has 0 amide bonds. The van der Waals surface area contributed by atoms with E-state index in [1.807, 2.05) is 4.90 Å². The highest BCUT2D eigenvalue weighted by Crippen LogP contribution is 2.24. The lowest BCUT2D eigenvalue weighted by Crippen LogP contribution is -2.49. The molecule has 158 valence electrons. The van der Waals surface area contributed by atoms with Crippen molar-refractivity contribution >= 4 is 34.8 Å². The minimum absolute atomic E-state index is 0.173. The van der Waals surface area contributed by atoms with Crippen LogP contribution in [0.4, 0.5) is 24.8 Å². The quantitative estimate of drug-likeness (QED) is 0.702. The number of aliphatic hydroxyl groups is 1. The van der Waals surface area contributed by atoms with Gasteiger partial charge in [0.25, 0.3) is 0 Å². The second-order valence-corrected chi connectivity index (χ2v) is 7.61. The van der Waals surface area contributed by atoms with Crippen molar-refractivity contribution in [1.29, 1.82) is 0 Å². The number of piperazine rings is 1. The van der Waals surface area contributed by atoms with Crippen molar-refractivity contribution < 1.29 is 18.3 Å². The maximum absolute atomic E-state index is 12.5. The van der Waals surface area contributed by atoms with E-state index < -0.39 is 18.8 Å². The molecule has 1 unspecified atom stereocenters. The van der Waals surface area contributed by atoms with E-state index in [4.69, 9.17) is 23.2 Å². The molecule has 0 radical (unpaired) electrons. The first-order valence-corrected chi connectivity index (χ1v) is 9.69. The molecule has 0 spiro atoms. The van der Waals surface area contributed by atoms with E-state index in [1.165, 1.54) is 11.2 Å². The fraction of sp³-hybridized carbons (Fsp3) is 0.444. The monoisotopic (exact) mass is 449 g/mol. The number of aliphatic hydroxyl groups excluding tert-OH is 1. The molecule has 1 fully saturated rings. The molecule has 3 rings (SSSR count). The number of nitrogens with zero attached hydrogens (tertiary/aromatic N) is 4. The summed E-state index contributed by atoms with van der Waals surface area (Å²) in [5.41, 5.74) is 0.574. The van der Waals surface area contributed by atoms with Gasteiger partial charge in [-0.3, -0.25) is 4.90 Å². The Labute approximate surface area is 176 Å². The Morgan fingerprint density at radius 2 is 1.69 bits per heavy atom. The molecule has 1 aromatic carbocycles. The van der Waals surface area contributed by atoms with Crippen LogP contribution >= 0.6 is 23.2 Å². The maximum Gasteiger partial charge on any atom is 0.401 e. The van der Waals surface area contributed by atoms with Gasteiger partial charge in [-0.15, -0.1) is 0 Å². The molecule has 1 saturated heterocycles. The minimum Gasteiger partial charge on any atom is -0.387 e. The van der Waals surface area contributed by atoms with Crippen molar-refractivity contribution in [2.45, 2.75) is 12.3 Å². The van der Waals surface area contributed by atoms with E-state index >= 15 is 0 Å². The molecule has 0 saturated carbocycles. The van der Waals surface area contributed by atoms with Crippen molar-refractivity contribution in [3.63, 3.8) is 0 Å². The summed E-state index contributed by atoms with van der Waals surface area (Å²) in [5.74, 6) is 1.12. The Hall–Kier alpha value is -1.81. The summed E-state index contributed by atoms with van der Waals surface area (Å²) in [4.78, 5) is 11.6. The molecule has 2 heterocycles. The number of aromatic nitrogens is 2. The minimum atomic E-state index is -4.19. The number of anilines is 2. The first kappa shape index (κ1) is 21.9. The van der Waals surface area contributed by atoms with Gasteiger partial charge in [0, 0.05) is 48.8 Å².